The number of amides is 1. The topological polar surface area (TPSA) is 50.4 Å². The van der Waals surface area contributed by atoms with Crippen molar-refractivity contribution in [2.75, 3.05) is 26.2 Å². The molecule has 1 saturated heterocycles. The Labute approximate surface area is 126 Å². The summed E-state index contributed by atoms with van der Waals surface area (Å²) < 4.78 is 5.68. The Morgan fingerprint density at radius 3 is 2.95 bits per heavy atom. The van der Waals surface area contributed by atoms with Crippen LogP contribution in [0.1, 0.15) is 24.8 Å². The molecule has 2 heterocycles. The lowest BCUT2D eigenvalue weighted by molar-refractivity contribution is -0.126. The van der Waals surface area contributed by atoms with Gasteiger partial charge in [0.05, 0.1) is 5.92 Å². The minimum Gasteiger partial charge on any atom is -0.492 e. The first-order valence-electron chi connectivity index (χ1n) is 8.02. The molecule has 2 aliphatic heterocycles. The van der Waals surface area contributed by atoms with Crippen LogP contribution in [0.2, 0.25) is 0 Å². The highest BCUT2D eigenvalue weighted by atomic mass is 16.5. The quantitative estimate of drug-likeness (QED) is 0.887. The summed E-state index contributed by atoms with van der Waals surface area (Å²) in [6, 6.07) is 7.99. The van der Waals surface area contributed by atoms with Crippen molar-refractivity contribution in [3.05, 3.63) is 29.8 Å². The zero-order valence-corrected chi connectivity index (χ0v) is 12.4. The van der Waals surface area contributed by atoms with Crippen LogP contribution in [-0.4, -0.2) is 32.1 Å². The summed E-state index contributed by atoms with van der Waals surface area (Å²) in [4.78, 5) is 12.2. The van der Waals surface area contributed by atoms with E-state index in [1.54, 1.807) is 0 Å². The fourth-order valence-corrected chi connectivity index (χ4v) is 3.21. The first-order valence-corrected chi connectivity index (χ1v) is 8.02. The SMILES string of the molecule is O=C(NCCC1CCNCC1)C1COc2ccccc2C1. The van der Waals surface area contributed by atoms with Crippen molar-refractivity contribution in [3.8, 4) is 5.75 Å². The molecule has 2 aliphatic rings. The van der Waals surface area contributed by atoms with E-state index in [1.165, 1.54) is 12.8 Å². The van der Waals surface area contributed by atoms with Gasteiger partial charge < -0.3 is 15.4 Å². The summed E-state index contributed by atoms with van der Waals surface area (Å²) in [5.74, 6) is 1.78. The zero-order chi connectivity index (χ0) is 14.5. The highest BCUT2D eigenvalue weighted by molar-refractivity contribution is 5.79. The number of para-hydroxylation sites is 1. The molecule has 1 unspecified atom stereocenters. The maximum atomic E-state index is 12.2. The molecule has 0 aromatic heterocycles. The minimum absolute atomic E-state index is 0.0482. The number of ether oxygens (including phenoxy) is 1. The molecular formula is C17H24N2O2. The number of hydrogen-bond acceptors (Lipinski definition) is 3. The molecule has 3 rings (SSSR count). The molecule has 4 heteroatoms. The Kier molecular flexibility index (Phi) is 4.76. The Bertz CT molecular complexity index is 483. The third-order valence-electron chi connectivity index (χ3n) is 4.56. The zero-order valence-electron chi connectivity index (χ0n) is 12.4. The molecule has 1 atom stereocenters. The van der Waals surface area contributed by atoms with E-state index in [2.05, 4.69) is 10.6 Å². The first kappa shape index (κ1) is 14.4. The van der Waals surface area contributed by atoms with E-state index >= 15 is 0 Å². The van der Waals surface area contributed by atoms with Crippen LogP contribution < -0.4 is 15.4 Å². The predicted molar refractivity (Wildman–Crippen MR) is 82.4 cm³/mol. The molecule has 4 nitrogen and oxygen atoms in total. The number of carbonyl (C=O) groups excluding carboxylic acids is 1. The van der Waals surface area contributed by atoms with Crippen molar-refractivity contribution < 1.29 is 9.53 Å². The molecule has 0 spiro atoms. The van der Waals surface area contributed by atoms with Crippen molar-refractivity contribution in [2.24, 2.45) is 11.8 Å². The second-order valence-electron chi connectivity index (χ2n) is 6.09. The van der Waals surface area contributed by atoms with Crippen LogP contribution in [0, 0.1) is 11.8 Å². The lowest BCUT2D eigenvalue weighted by Gasteiger charge is -2.25. The smallest absolute Gasteiger partial charge is 0.226 e. The number of nitrogens with one attached hydrogen (secondary N) is 2. The van der Waals surface area contributed by atoms with Gasteiger partial charge in [-0.2, -0.15) is 0 Å². The van der Waals surface area contributed by atoms with Crippen LogP contribution in [0.5, 0.6) is 5.75 Å². The van der Waals surface area contributed by atoms with Crippen LogP contribution in [0.3, 0.4) is 0 Å². The number of rotatable bonds is 4. The summed E-state index contributed by atoms with van der Waals surface area (Å²) in [6.45, 7) is 3.52. The number of hydrogen-bond donors (Lipinski definition) is 2. The van der Waals surface area contributed by atoms with Gasteiger partial charge in [0, 0.05) is 6.54 Å². The lowest BCUT2D eigenvalue weighted by atomic mass is 9.94. The lowest BCUT2D eigenvalue weighted by Crippen LogP contribution is -2.38. The molecular weight excluding hydrogens is 264 g/mol. The molecule has 0 radical (unpaired) electrons. The van der Waals surface area contributed by atoms with Crippen LogP contribution in [0.15, 0.2) is 24.3 Å². The van der Waals surface area contributed by atoms with Crippen molar-refractivity contribution in [1.82, 2.24) is 10.6 Å². The predicted octanol–water partition coefficient (Wildman–Crippen LogP) is 1.74. The van der Waals surface area contributed by atoms with E-state index in [4.69, 9.17) is 4.74 Å². The van der Waals surface area contributed by atoms with Gasteiger partial charge in [0.2, 0.25) is 5.91 Å². The van der Waals surface area contributed by atoms with Gasteiger partial charge in [-0.3, -0.25) is 4.79 Å². The van der Waals surface area contributed by atoms with Crippen molar-refractivity contribution in [1.29, 1.82) is 0 Å². The van der Waals surface area contributed by atoms with E-state index in [1.807, 2.05) is 24.3 Å². The van der Waals surface area contributed by atoms with Crippen molar-refractivity contribution >= 4 is 5.91 Å². The molecule has 0 bridgehead atoms. The maximum absolute atomic E-state index is 12.2. The minimum atomic E-state index is -0.0482. The summed E-state index contributed by atoms with van der Waals surface area (Å²) in [5, 5.41) is 6.46. The van der Waals surface area contributed by atoms with Gasteiger partial charge in [0.15, 0.2) is 0 Å². The molecule has 1 fully saturated rings. The van der Waals surface area contributed by atoms with Gasteiger partial charge in [-0.15, -0.1) is 0 Å². The molecule has 1 amide bonds. The summed E-state index contributed by atoms with van der Waals surface area (Å²) in [7, 11) is 0. The van der Waals surface area contributed by atoms with Gasteiger partial charge in [-0.1, -0.05) is 18.2 Å². The largest absolute Gasteiger partial charge is 0.492 e. The molecule has 114 valence electrons. The molecule has 21 heavy (non-hydrogen) atoms. The van der Waals surface area contributed by atoms with E-state index in [9.17, 15) is 4.79 Å². The maximum Gasteiger partial charge on any atom is 0.226 e. The van der Waals surface area contributed by atoms with Crippen LogP contribution in [0.4, 0.5) is 0 Å². The molecule has 1 aromatic carbocycles. The average Bonchev–Trinajstić information content (AvgIpc) is 2.55. The van der Waals surface area contributed by atoms with Gasteiger partial charge in [0.1, 0.15) is 12.4 Å². The van der Waals surface area contributed by atoms with Gasteiger partial charge in [-0.25, -0.2) is 0 Å². The normalized spacial score (nSPS) is 22.2. The second-order valence-corrected chi connectivity index (χ2v) is 6.09. The Hall–Kier alpha value is -1.55. The Balaban J connectivity index is 1.44. The second kappa shape index (κ2) is 6.94. The monoisotopic (exact) mass is 288 g/mol. The van der Waals surface area contributed by atoms with Gasteiger partial charge in [0.25, 0.3) is 0 Å². The van der Waals surface area contributed by atoms with E-state index in [0.717, 1.165) is 49.7 Å². The van der Waals surface area contributed by atoms with Crippen molar-refractivity contribution in [2.45, 2.75) is 25.7 Å². The summed E-state index contributed by atoms with van der Waals surface area (Å²) >= 11 is 0. The standard InChI is InChI=1S/C17H24N2O2/c20-17(19-10-7-13-5-8-18-9-6-13)15-11-14-3-1-2-4-16(14)21-12-15/h1-4,13,15,18H,5-12H2,(H,19,20). The molecule has 1 aromatic rings. The fourth-order valence-electron chi connectivity index (χ4n) is 3.21. The van der Waals surface area contributed by atoms with E-state index < -0.39 is 0 Å². The third kappa shape index (κ3) is 3.76. The Morgan fingerprint density at radius 1 is 1.29 bits per heavy atom. The number of fused-ring (bicyclic) bond motifs is 1. The third-order valence-corrected chi connectivity index (χ3v) is 4.56. The number of piperidine rings is 1. The first-order chi connectivity index (χ1) is 10.3. The molecule has 0 aliphatic carbocycles. The molecule has 0 saturated carbocycles. The summed E-state index contributed by atoms with van der Waals surface area (Å²) in [6.07, 6.45) is 4.35. The van der Waals surface area contributed by atoms with Crippen molar-refractivity contribution in [3.63, 3.8) is 0 Å². The summed E-state index contributed by atoms with van der Waals surface area (Å²) in [5.41, 5.74) is 1.14. The van der Waals surface area contributed by atoms with Gasteiger partial charge in [-0.05, 0) is 56.3 Å². The Morgan fingerprint density at radius 2 is 2.10 bits per heavy atom. The van der Waals surface area contributed by atoms with Crippen LogP contribution in [-0.2, 0) is 11.2 Å². The average molecular weight is 288 g/mol. The fraction of sp³-hybridized carbons (Fsp3) is 0.588. The molecule has 2 N–H and O–H groups in total. The highest BCUT2D eigenvalue weighted by Gasteiger charge is 2.25. The number of benzene rings is 1. The highest BCUT2D eigenvalue weighted by Crippen LogP contribution is 2.26. The van der Waals surface area contributed by atoms with E-state index in [0.29, 0.717) is 6.61 Å². The van der Waals surface area contributed by atoms with Crippen LogP contribution >= 0.6 is 0 Å². The van der Waals surface area contributed by atoms with E-state index in [-0.39, 0.29) is 11.8 Å². The van der Waals surface area contributed by atoms with Gasteiger partial charge >= 0.3 is 0 Å². The number of carbonyl (C=O) groups is 1. The van der Waals surface area contributed by atoms with Crippen LogP contribution in [0.25, 0.3) is 0 Å².